The highest BCUT2D eigenvalue weighted by molar-refractivity contribution is 5.84. The van der Waals surface area contributed by atoms with Gasteiger partial charge in [-0.15, -0.1) is 0 Å². The standard InChI is InChI=1S/C19H21N5O2.2C2H4O2/c1-26-16-4-2-3-14(7-16)8-19(12-21-13-19)18(25)23-10-15-9-22-17-11-20-5-6-24(15)17;2*1-2(3)4/h2-7,9,11,21H,8,10,12-13H2,1H3,(H,23,25);2*1H3,(H,3,4). The molecule has 1 aliphatic heterocycles. The van der Waals surface area contributed by atoms with Crippen LogP contribution in [0.15, 0.2) is 49.1 Å². The van der Waals surface area contributed by atoms with Gasteiger partial charge in [0.2, 0.25) is 5.91 Å². The molecular formula is C23H29N5O6. The van der Waals surface area contributed by atoms with E-state index in [1.807, 2.05) is 34.9 Å². The lowest BCUT2D eigenvalue weighted by atomic mass is 9.75. The van der Waals surface area contributed by atoms with Crippen molar-refractivity contribution in [3.63, 3.8) is 0 Å². The molecule has 1 aliphatic rings. The third-order valence-corrected chi connectivity index (χ3v) is 4.91. The van der Waals surface area contributed by atoms with E-state index >= 15 is 0 Å². The SMILES string of the molecule is CC(=O)O.CC(=O)O.COc1cccc(CC2(C(=O)NCc3cnc4cnccn34)CNC2)c1. The maximum Gasteiger partial charge on any atom is 0.300 e. The predicted octanol–water partition coefficient (Wildman–Crippen LogP) is 1.37. The number of carbonyl (C=O) groups excluding carboxylic acids is 1. The summed E-state index contributed by atoms with van der Waals surface area (Å²) >= 11 is 0. The van der Waals surface area contributed by atoms with E-state index in [9.17, 15) is 4.79 Å². The first-order valence-corrected chi connectivity index (χ1v) is 10.4. The number of amides is 1. The van der Waals surface area contributed by atoms with Crippen LogP contribution < -0.4 is 15.4 Å². The third kappa shape index (κ3) is 7.55. The van der Waals surface area contributed by atoms with Crippen LogP contribution >= 0.6 is 0 Å². The second kappa shape index (κ2) is 12.3. The number of hydrogen-bond donors (Lipinski definition) is 4. The fourth-order valence-electron chi connectivity index (χ4n) is 3.35. The van der Waals surface area contributed by atoms with Gasteiger partial charge in [-0.3, -0.25) is 23.8 Å². The minimum Gasteiger partial charge on any atom is -0.497 e. The van der Waals surface area contributed by atoms with Crippen LogP contribution in [0, 0.1) is 5.41 Å². The number of aliphatic carboxylic acids is 2. The molecule has 0 atom stereocenters. The first kappa shape index (κ1) is 26.3. The third-order valence-electron chi connectivity index (χ3n) is 4.91. The lowest BCUT2D eigenvalue weighted by molar-refractivity contribution is -0.135. The van der Waals surface area contributed by atoms with Crippen LogP contribution in [0.2, 0.25) is 0 Å². The summed E-state index contributed by atoms with van der Waals surface area (Å²) in [6.45, 7) is 3.95. The first-order chi connectivity index (χ1) is 16.2. The molecule has 1 amide bonds. The molecule has 1 fully saturated rings. The molecule has 0 radical (unpaired) electrons. The van der Waals surface area contributed by atoms with Crippen LogP contribution in [0.25, 0.3) is 5.65 Å². The molecule has 3 heterocycles. The number of ether oxygens (including phenoxy) is 1. The second-order valence-electron chi connectivity index (χ2n) is 7.69. The number of imidazole rings is 1. The Kier molecular flexibility index (Phi) is 9.50. The lowest BCUT2D eigenvalue weighted by Crippen LogP contribution is -2.62. The molecule has 1 saturated heterocycles. The highest BCUT2D eigenvalue weighted by atomic mass is 16.5. The summed E-state index contributed by atoms with van der Waals surface area (Å²) in [7, 11) is 1.65. The van der Waals surface area contributed by atoms with Gasteiger partial charge in [-0.25, -0.2) is 4.98 Å². The number of nitrogens with one attached hydrogen (secondary N) is 2. The number of carboxylic acids is 2. The number of methoxy groups -OCH3 is 1. The fourth-order valence-corrected chi connectivity index (χ4v) is 3.35. The summed E-state index contributed by atoms with van der Waals surface area (Å²) in [5.74, 6) is -0.798. The monoisotopic (exact) mass is 471 g/mol. The topological polar surface area (TPSA) is 155 Å². The Labute approximate surface area is 196 Å². The number of hydrogen-bond acceptors (Lipinski definition) is 7. The Morgan fingerprint density at radius 3 is 2.44 bits per heavy atom. The number of carbonyl (C=O) groups is 3. The number of aromatic nitrogens is 3. The van der Waals surface area contributed by atoms with Crippen LogP contribution in [0.1, 0.15) is 25.1 Å². The molecule has 3 aromatic rings. The van der Waals surface area contributed by atoms with E-state index in [0.717, 1.165) is 36.5 Å². The highest BCUT2D eigenvalue weighted by Crippen LogP contribution is 2.29. The van der Waals surface area contributed by atoms with E-state index in [4.69, 9.17) is 24.5 Å². The molecule has 2 aromatic heterocycles. The predicted molar refractivity (Wildman–Crippen MR) is 123 cm³/mol. The summed E-state index contributed by atoms with van der Waals surface area (Å²) in [6, 6.07) is 7.89. The molecule has 1 aromatic carbocycles. The van der Waals surface area contributed by atoms with Crippen molar-refractivity contribution in [1.29, 1.82) is 0 Å². The zero-order valence-corrected chi connectivity index (χ0v) is 19.3. The number of nitrogens with zero attached hydrogens (tertiary/aromatic N) is 3. The number of fused-ring (bicyclic) bond motifs is 1. The lowest BCUT2D eigenvalue weighted by Gasteiger charge is -2.41. The minimum absolute atomic E-state index is 0.0584. The summed E-state index contributed by atoms with van der Waals surface area (Å²) in [6.07, 6.45) is 7.71. The molecule has 0 bridgehead atoms. The zero-order valence-electron chi connectivity index (χ0n) is 19.3. The fraction of sp³-hybridized carbons (Fsp3) is 0.348. The van der Waals surface area contributed by atoms with Gasteiger partial charge in [0.15, 0.2) is 5.65 Å². The maximum absolute atomic E-state index is 12.9. The summed E-state index contributed by atoms with van der Waals surface area (Å²) < 4.78 is 7.22. The average molecular weight is 472 g/mol. The Morgan fingerprint density at radius 2 is 1.85 bits per heavy atom. The molecule has 4 rings (SSSR count). The van der Waals surface area contributed by atoms with Crippen molar-refractivity contribution in [1.82, 2.24) is 25.0 Å². The van der Waals surface area contributed by atoms with Crippen molar-refractivity contribution in [2.75, 3.05) is 20.2 Å². The van der Waals surface area contributed by atoms with Gasteiger partial charge < -0.3 is 25.6 Å². The Bertz CT molecular complexity index is 1110. The molecule has 0 saturated carbocycles. The van der Waals surface area contributed by atoms with Crippen LogP contribution in [0.3, 0.4) is 0 Å². The van der Waals surface area contributed by atoms with Gasteiger partial charge >= 0.3 is 0 Å². The van der Waals surface area contributed by atoms with E-state index in [1.54, 1.807) is 25.7 Å². The van der Waals surface area contributed by atoms with Gasteiger partial charge in [-0.1, -0.05) is 12.1 Å². The molecule has 11 nitrogen and oxygen atoms in total. The zero-order chi connectivity index (χ0) is 25.1. The van der Waals surface area contributed by atoms with Crippen LogP contribution in [-0.2, 0) is 27.3 Å². The molecule has 34 heavy (non-hydrogen) atoms. The van der Waals surface area contributed by atoms with Crippen molar-refractivity contribution in [2.45, 2.75) is 26.8 Å². The number of rotatable bonds is 6. The molecule has 0 spiro atoms. The summed E-state index contributed by atoms with van der Waals surface area (Å²) in [5, 5.41) is 21.1. The Morgan fingerprint density at radius 1 is 1.18 bits per heavy atom. The first-order valence-electron chi connectivity index (χ1n) is 10.4. The van der Waals surface area contributed by atoms with Gasteiger partial charge in [0.05, 0.1) is 37.2 Å². The molecule has 4 N–H and O–H groups in total. The van der Waals surface area contributed by atoms with Crippen molar-refractivity contribution in [2.24, 2.45) is 5.41 Å². The number of carboxylic acid groups (broad SMARTS) is 2. The maximum atomic E-state index is 12.9. The van der Waals surface area contributed by atoms with Crippen LogP contribution in [0.5, 0.6) is 5.75 Å². The van der Waals surface area contributed by atoms with E-state index < -0.39 is 17.4 Å². The van der Waals surface area contributed by atoms with Gasteiger partial charge in [0.25, 0.3) is 11.9 Å². The summed E-state index contributed by atoms with van der Waals surface area (Å²) in [5.41, 5.74) is 2.38. The van der Waals surface area contributed by atoms with Crippen molar-refractivity contribution < 1.29 is 29.3 Å². The van der Waals surface area contributed by atoms with Gasteiger partial charge in [0, 0.05) is 39.3 Å². The highest BCUT2D eigenvalue weighted by Gasteiger charge is 2.44. The normalized spacial score (nSPS) is 13.3. The van der Waals surface area contributed by atoms with Gasteiger partial charge in [-0.2, -0.15) is 0 Å². The Balaban J connectivity index is 0.000000446. The van der Waals surface area contributed by atoms with Gasteiger partial charge in [-0.05, 0) is 24.1 Å². The van der Waals surface area contributed by atoms with Crippen molar-refractivity contribution >= 4 is 23.5 Å². The van der Waals surface area contributed by atoms with Crippen molar-refractivity contribution in [3.05, 3.63) is 60.3 Å². The van der Waals surface area contributed by atoms with Crippen molar-refractivity contribution in [3.8, 4) is 5.75 Å². The molecule has 0 unspecified atom stereocenters. The molecule has 182 valence electrons. The molecule has 11 heteroatoms. The largest absolute Gasteiger partial charge is 0.497 e. The average Bonchev–Trinajstić information content (AvgIpc) is 3.17. The second-order valence-corrected chi connectivity index (χ2v) is 7.69. The summed E-state index contributed by atoms with van der Waals surface area (Å²) in [4.78, 5) is 39.3. The Hall–Kier alpha value is -3.99. The van der Waals surface area contributed by atoms with E-state index in [1.165, 1.54) is 0 Å². The van der Waals surface area contributed by atoms with E-state index in [2.05, 4.69) is 20.6 Å². The molecule has 0 aliphatic carbocycles. The van der Waals surface area contributed by atoms with Crippen LogP contribution in [0.4, 0.5) is 0 Å². The molecular weight excluding hydrogens is 442 g/mol. The smallest absolute Gasteiger partial charge is 0.300 e. The van der Waals surface area contributed by atoms with E-state index in [0.29, 0.717) is 26.1 Å². The minimum atomic E-state index is -0.833. The number of benzene rings is 1. The van der Waals surface area contributed by atoms with E-state index in [-0.39, 0.29) is 5.91 Å². The van der Waals surface area contributed by atoms with Crippen LogP contribution in [-0.4, -0.2) is 62.6 Å². The van der Waals surface area contributed by atoms with Gasteiger partial charge in [0.1, 0.15) is 5.75 Å². The quantitative estimate of drug-likeness (QED) is 0.417.